The second kappa shape index (κ2) is 4.81. The molecule has 0 aliphatic heterocycles. The molecule has 1 N–H and O–H groups in total. The maximum Gasteiger partial charge on any atom is 0.350 e. The van der Waals surface area contributed by atoms with Gasteiger partial charge in [-0.05, 0) is 36.1 Å². The lowest BCUT2D eigenvalue weighted by atomic mass is 9.93. The van der Waals surface area contributed by atoms with Crippen molar-refractivity contribution in [2.75, 3.05) is 12.4 Å². The molecule has 3 unspecified atom stereocenters. The average molecular weight is 277 g/mol. The van der Waals surface area contributed by atoms with Gasteiger partial charge < -0.3 is 10.1 Å². The third-order valence-corrected chi connectivity index (χ3v) is 4.80. The molecule has 100 valence electrons. The van der Waals surface area contributed by atoms with Crippen LogP contribution in [-0.4, -0.2) is 19.0 Å². The second-order valence-electron chi connectivity index (χ2n) is 5.03. The Balaban J connectivity index is 1.72. The molecule has 3 rings (SSSR count). The molecule has 5 heteroatoms. The predicted octanol–water partition coefficient (Wildman–Crippen LogP) is 2.69. The first-order valence-electron chi connectivity index (χ1n) is 6.34. The highest BCUT2D eigenvalue weighted by atomic mass is 32.1. The Morgan fingerprint density at radius 1 is 1.37 bits per heavy atom. The van der Waals surface area contributed by atoms with E-state index >= 15 is 0 Å². The molecule has 0 saturated heterocycles. The number of fused-ring (bicyclic) bond motifs is 2. The minimum atomic E-state index is -0.405. The zero-order valence-corrected chi connectivity index (χ0v) is 11.4. The quantitative estimate of drug-likeness (QED) is 0.682. The summed E-state index contributed by atoms with van der Waals surface area (Å²) in [7, 11) is 1.34. The molecule has 3 atom stereocenters. The molecule has 4 nitrogen and oxygen atoms in total. The first-order valence-corrected chi connectivity index (χ1v) is 7.22. The number of allylic oxidation sites excluding steroid dienone is 2. The number of methoxy groups -OCH3 is 1. The lowest BCUT2D eigenvalue weighted by molar-refractivity contribution is -0.120. The van der Waals surface area contributed by atoms with Crippen LogP contribution in [-0.2, 0) is 9.53 Å². The number of carbonyl (C=O) groups excluding carboxylic acids is 2. The van der Waals surface area contributed by atoms with E-state index in [-0.39, 0.29) is 11.8 Å². The summed E-state index contributed by atoms with van der Waals surface area (Å²) in [6, 6.07) is 1.75. The number of esters is 1. The fourth-order valence-electron chi connectivity index (χ4n) is 2.97. The van der Waals surface area contributed by atoms with Crippen molar-refractivity contribution in [2.24, 2.45) is 17.8 Å². The smallest absolute Gasteiger partial charge is 0.350 e. The van der Waals surface area contributed by atoms with E-state index in [9.17, 15) is 9.59 Å². The van der Waals surface area contributed by atoms with Crippen LogP contribution in [0.2, 0.25) is 0 Å². The van der Waals surface area contributed by atoms with Crippen molar-refractivity contribution in [3.63, 3.8) is 0 Å². The van der Waals surface area contributed by atoms with Crippen LogP contribution in [0.15, 0.2) is 23.6 Å². The van der Waals surface area contributed by atoms with Gasteiger partial charge in [0, 0.05) is 5.92 Å². The van der Waals surface area contributed by atoms with E-state index in [2.05, 4.69) is 17.5 Å². The van der Waals surface area contributed by atoms with Crippen LogP contribution in [0, 0.1) is 17.8 Å². The highest BCUT2D eigenvalue weighted by Crippen LogP contribution is 2.44. The monoisotopic (exact) mass is 277 g/mol. The van der Waals surface area contributed by atoms with E-state index in [0.29, 0.717) is 22.4 Å². The van der Waals surface area contributed by atoms with Gasteiger partial charge in [0.25, 0.3) is 0 Å². The Hall–Kier alpha value is -1.62. The van der Waals surface area contributed by atoms with Gasteiger partial charge in [-0.15, -0.1) is 11.3 Å². The van der Waals surface area contributed by atoms with Gasteiger partial charge in [0.1, 0.15) is 4.88 Å². The Bertz CT molecular complexity index is 549. The van der Waals surface area contributed by atoms with Crippen LogP contribution in [0.3, 0.4) is 0 Å². The molecule has 1 amide bonds. The minimum absolute atomic E-state index is 0.0143. The van der Waals surface area contributed by atoms with Crippen molar-refractivity contribution in [2.45, 2.75) is 12.8 Å². The van der Waals surface area contributed by atoms with Crippen LogP contribution in [0.5, 0.6) is 0 Å². The molecule has 1 aromatic rings. The van der Waals surface area contributed by atoms with E-state index in [1.807, 2.05) is 0 Å². The number of nitrogens with one attached hydrogen (secondary N) is 1. The van der Waals surface area contributed by atoms with Gasteiger partial charge in [0.15, 0.2) is 0 Å². The SMILES string of the molecule is COC(=O)c1sccc1NC(=O)C1CC2C=CC1C2. The highest BCUT2D eigenvalue weighted by Gasteiger charge is 2.40. The number of anilines is 1. The molecular weight excluding hydrogens is 262 g/mol. The van der Waals surface area contributed by atoms with E-state index < -0.39 is 5.97 Å². The predicted molar refractivity (Wildman–Crippen MR) is 73.1 cm³/mol. The third kappa shape index (κ3) is 2.18. The fourth-order valence-corrected chi connectivity index (χ4v) is 3.73. The number of ether oxygens (including phenoxy) is 1. The number of amides is 1. The largest absolute Gasteiger partial charge is 0.465 e. The zero-order valence-electron chi connectivity index (χ0n) is 10.6. The number of hydrogen-bond acceptors (Lipinski definition) is 4. The van der Waals surface area contributed by atoms with Gasteiger partial charge in [-0.1, -0.05) is 12.2 Å². The number of hydrogen-bond donors (Lipinski definition) is 1. The number of rotatable bonds is 3. The number of thiophene rings is 1. The molecule has 1 aromatic heterocycles. The molecule has 0 radical (unpaired) electrons. The fraction of sp³-hybridized carbons (Fsp3) is 0.429. The van der Waals surface area contributed by atoms with Gasteiger partial charge >= 0.3 is 5.97 Å². The standard InChI is InChI=1S/C14H15NO3S/c1-18-14(17)12-11(4-5-19-12)15-13(16)10-7-8-2-3-9(10)6-8/h2-5,8-10H,6-7H2,1H3,(H,15,16). The van der Waals surface area contributed by atoms with Crippen molar-refractivity contribution < 1.29 is 14.3 Å². The summed E-state index contributed by atoms with van der Waals surface area (Å²) in [5.74, 6) is 0.576. The molecule has 1 heterocycles. The van der Waals surface area contributed by atoms with Crippen molar-refractivity contribution >= 4 is 28.9 Å². The summed E-state index contributed by atoms with van der Waals surface area (Å²) in [4.78, 5) is 24.3. The van der Waals surface area contributed by atoms with Crippen molar-refractivity contribution in [1.29, 1.82) is 0 Å². The van der Waals surface area contributed by atoms with E-state index in [1.54, 1.807) is 11.4 Å². The summed E-state index contributed by atoms with van der Waals surface area (Å²) < 4.78 is 4.70. The summed E-state index contributed by atoms with van der Waals surface area (Å²) in [5.41, 5.74) is 0.564. The topological polar surface area (TPSA) is 55.4 Å². The van der Waals surface area contributed by atoms with Crippen LogP contribution >= 0.6 is 11.3 Å². The third-order valence-electron chi connectivity index (χ3n) is 3.91. The van der Waals surface area contributed by atoms with E-state index in [4.69, 9.17) is 4.74 Å². The normalized spacial score (nSPS) is 27.5. The maximum absolute atomic E-state index is 12.3. The molecule has 1 fully saturated rings. The molecule has 0 aromatic carbocycles. The van der Waals surface area contributed by atoms with Gasteiger partial charge in [-0.3, -0.25) is 4.79 Å². The maximum atomic E-state index is 12.3. The van der Waals surface area contributed by atoms with Crippen molar-refractivity contribution in [1.82, 2.24) is 0 Å². The Kier molecular flexibility index (Phi) is 3.14. The summed E-state index contributed by atoms with van der Waals surface area (Å²) >= 11 is 1.28. The van der Waals surface area contributed by atoms with Crippen LogP contribution in [0.4, 0.5) is 5.69 Å². The van der Waals surface area contributed by atoms with Crippen LogP contribution in [0.25, 0.3) is 0 Å². The molecule has 0 spiro atoms. The Morgan fingerprint density at radius 2 is 2.21 bits per heavy atom. The first-order chi connectivity index (χ1) is 9.19. The average Bonchev–Trinajstić information content (AvgIpc) is 3.13. The lowest BCUT2D eigenvalue weighted by Gasteiger charge is -2.17. The lowest BCUT2D eigenvalue weighted by Crippen LogP contribution is -2.26. The van der Waals surface area contributed by atoms with Gasteiger partial charge in [-0.2, -0.15) is 0 Å². The van der Waals surface area contributed by atoms with Crippen LogP contribution < -0.4 is 5.32 Å². The van der Waals surface area contributed by atoms with E-state index in [1.165, 1.54) is 18.4 Å². The highest BCUT2D eigenvalue weighted by molar-refractivity contribution is 7.12. The molecule has 2 aliphatic carbocycles. The molecular formula is C14H15NO3S. The first kappa shape index (κ1) is 12.4. The van der Waals surface area contributed by atoms with Gasteiger partial charge in [-0.25, -0.2) is 4.79 Å². The second-order valence-corrected chi connectivity index (χ2v) is 5.95. The van der Waals surface area contributed by atoms with Crippen molar-refractivity contribution in [3.05, 3.63) is 28.5 Å². The van der Waals surface area contributed by atoms with Gasteiger partial charge in [0.05, 0.1) is 12.8 Å². The summed E-state index contributed by atoms with van der Waals surface area (Å²) in [6.45, 7) is 0. The van der Waals surface area contributed by atoms with E-state index in [0.717, 1.165) is 12.8 Å². The van der Waals surface area contributed by atoms with Crippen molar-refractivity contribution in [3.8, 4) is 0 Å². The molecule has 2 bridgehead atoms. The molecule has 19 heavy (non-hydrogen) atoms. The minimum Gasteiger partial charge on any atom is -0.465 e. The molecule has 1 saturated carbocycles. The molecule has 2 aliphatic rings. The summed E-state index contributed by atoms with van der Waals surface area (Å²) in [6.07, 6.45) is 6.36. The Morgan fingerprint density at radius 3 is 2.84 bits per heavy atom. The number of carbonyl (C=O) groups is 2. The van der Waals surface area contributed by atoms with Crippen LogP contribution in [0.1, 0.15) is 22.5 Å². The van der Waals surface area contributed by atoms with Gasteiger partial charge in [0.2, 0.25) is 5.91 Å². The zero-order chi connectivity index (χ0) is 13.4. The summed E-state index contributed by atoms with van der Waals surface area (Å²) in [5, 5.41) is 4.65. The Labute approximate surface area is 115 Å².